The van der Waals surface area contributed by atoms with Crippen molar-refractivity contribution in [2.24, 2.45) is 0 Å². The van der Waals surface area contributed by atoms with Crippen LogP contribution in [0.1, 0.15) is 55.9 Å². The molecule has 0 spiro atoms. The fraction of sp³-hybridized carbons (Fsp3) is 0.429. The molecule has 21 heavy (non-hydrogen) atoms. The summed E-state index contributed by atoms with van der Waals surface area (Å²) in [5.41, 5.74) is 7.05. The van der Waals surface area contributed by atoms with Crippen molar-refractivity contribution in [1.29, 1.82) is 0 Å². The predicted molar refractivity (Wildman–Crippen MR) is 95.2 cm³/mol. The lowest BCUT2D eigenvalue weighted by molar-refractivity contribution is 0.591. The molecule has 2 aromatic carbocycles. The van der Waals surface area contributed by atoms with Crippen molar-refractivity contribution >= 4 is 10.8 Å². The standard InChI is InChI=1S/C21H28/c1-8-11-14(2)21(6,7)20-17(5)15(3)16(4)18-12-9-10-13-19(18)20/h9-10,12-13H,2,8,11H2,1,3-7H3. The van der Waals surface area contributed by atoms with Gasteiger partial charge in [0.25, 0.3) is 0 Å². The monoisotopic (exact) mass is 280 g/mol. The third-order valence-electron chi connectivity index (χ3n) is 5.16. The van der Waals surface area contributed by atoms with Crippen LogP contribution in [0.4, 0.5) is 0 Å². The minimum atomic E-state index is 0.0121. The fourth-order valence-electron chi connectivity index (χ4n) is 3.50. The molecule has 0 bridgehead atoms. The molecule has 0 aliphatic heterocycles. The van der Waals surface area contributed by atoms with Crippen LogP contribution in [0, 0.1) is 20.8 Å². The molecular formula is C21H28. The maximum atomic E-state index is 4.39. The summed E-state index contributed by atoms with van der Waals surface area (Å²) in [6.45, 7) is 18.0. The number of benzene rings is 2. The van der Waals surface area contributed by atoms with Gasteiger partial charge >= 0.3 is 0 Å². The van der Waals surface area contributed by atoms with E-state index < -0.39 is 0 Å². The molecule has 0 N–H and O–H groups in total. The molecule has 0 atom stereocenters. The summed E-state index contributed by atoms with van der Waals surface area (Å²) in [6, 6.07) is 8.81. The average Bonchev–Trinajstić information content (AvgIpc) is 2.45. The molecule has 0 aromatic heterocycles. The van der Waals surface area contributed by atoms with Gasteiger partial charge in [-0.3, -0.25) is 0 Å². The molecule has 2 aromatic rings. The van der Waals surface area contributed by atoms with Crippen molar-refractivity contribution in [3.63, 3.8) is 0 Å². The second-order valence-corrected chi connectivity index (χ2v) is 6.77. The third kappa shape index (κ3) is 2.52. The Labute approximate surface area is 129 Å². The molecule has 0 saturated carbocycles. The van der Waals surface area contributed by atoms with Gasteiger partial charge in [-0.15, -0.1) is 0 Å². The van der Waals surface area contributed by atoms with E-state index in [-0.39, 0.29) is 5.41 Å². The van der Waals surface area contributed by atoms with Crippen LogP contribution in [0.2, 0.25) is 0 Å². The molecule has 0 amide bonds. The molecule has 0 radical (unpaired) electrons. The Morgan fingerprint density at radius 3 is 2.10 bits per heavy atom. The molecule has 112 valence electrons. The Balaban J connectivity index is 2.83. The van der Waals surface area contributed by atoms with Gasteiger partial charge in [-0.1, -0.05) is 63.6 Å². The SMILES string of the molecule is C=C(CCC)C(C)(C)c1c(C)c(C)c(C)c2ccccc12. The predicted octanol–water partition coefficient (Wildman–Crippen LogP) is 6.40. The lowest BCUT2D eigenvalue weighted by Crippen LogP contribution is -2.22. The molecule has 0 nitrogen and oxygen atoms in total. The van der Waals surface area contributed by atoms with Crippen LogP contribution in [-0.2, 0) is 5.41 Å². The number of aryl methyl sites for hydroxylation is 1. The normalized spacial score (nSPS) is 11.9. The van der Waals surface area contributed by atoms with Crippen LogP contribution in [0.3, 0.4) is 0 Å². The summed E-state index contributed by atoms with van der Waals surface area (Å²) in [7, 11) is 0. The van der Waals surface area contributed by atoms with Gasteiger partial charge in [-0.2, -0.15) is 0 Å². The molecule has 2 rings (SSSR count). The Morgan fingerprint density at radius 1 is 0.952 bits per heavy atom. The van der Waals surface area contributed by atoms with E-state index in [4.69, 9.17) is 0 Å². The van der Waals surface area contributed by atoms with Crippen molar-refractivity contribution in [1.82, 2.24) is 0 Å². The Hall–Kier alpha value is -1.56. The van der Waals surface area contributed by atoms with E-state index in [9.17, 15) is 0 Å². The molecule has 0 heterocycles. The summed E-state index contributed by atoms with van der Waals surface area (Å²) in [5, 5.41) is 2.77. The molecule has 0 saturated heterocycles. The lowest BCUT2D eigenvalue weighted by Gasteiger charge is -2.32. The molecule has 0 unspecified atom stereocenters. The van der Waals surface area contributed by atoms with Crippen LogP contribution in [0.15, 0.2) is 36.4 Å². The first-order chi connectivity index (χ1) is 9.82. The van der Waals surface area contributed by atoms with E-state index >= 15 is 0 Å². The van der Waals surface area contributed by atoms with Crippen LogP contribution in [0.5, 0.6) is 0 Å². The molecule has 0 aliphatic carbocycles. The van der Waals surface area contributed by atoms with E-state index in [1.807, 2.05) is 0 Å². The van der Waals surface area contributed by atoms with Crippen molar-refractivity contribution < 1.29 is 0 Å². The highest BCUT2D eigenvalue weighted by Crippen LogP contribution is 2.41. The maximum Gasteiger partial charge on any atom is 0.0111 e. The van der Waals surface area contributed by atoms with E-state index in [1.54, 1.807) is 0 Å². The lowest BCUT2D eigenvalue weighted by atomic mass is 9.71. The third-order valence-corrected chi connectivity index (χ3v) is 5.16. The van der Waals surface area contributed by atoms with Gasteiger partial charge < -0.3 is 0 Å². The first-order valence-electron chi connectivity index (χ1n) is 7.99. The van der Waals surface area contributed by atoms with Crippen molar-refractivity contribution in [2.45, 2.75) is 59.8 Å². The van der Waals surface area contributed by atoms with E-state index in [0.717, 1.165) is 12.8 Å². The second-order valence-electron chi connectivity index (χ2n) is 6.77. The topological polar surface area (TPSA) is 0 Å². The Kier molecular flexibility index (Phi) is 4.27. The number of rotatable bonds is 4. The first kappa shape index (κ1) is 15.8. The minimum absolute atomic E-state index is 0.0121. The average molecular weight is 280 g/mol. The Bertz CT molecular complexity index is 687. The second kappa shape index (κ2) is 5.67. The summed E-state index contributed by atoms with van der Waals surface area (Å²) in [5.74, 6) is 0. The Morgan fingerprint density at radius 2 is 1.52 bits per heavy atom. The van der Waals surface area contributed by atoms with Crippen LogP contribution in [0.25, 0.3) is 10.8 Å². The van der Waals surface area contributed by atoms with E-state index in [1.165, 1.54) is 38.6 Å². The van der Waals surface area contributed by atoms with Crippen molar-refractivity contribution in [3.05, 3.63) is 58.7 Å². The van der Waals surface area contributed by atoms with Gasteiger partial charge in [0.1, 0.15) is 0 Å². The molecule has 0 heteroatoms. The number of hydrogen-bond acceptors (Lipinski definition) is 0. The van der Waals surface area contributed by atoms with Crippen LogP contribution < -0.4 is 0 Å². The smallest absolute Gasteiger partial charge is 0.0111 e. The van der Waals surface area contributed by atoms with Gasteiger partial charge in [-0.25, -0.2) is 0 Å². The van der Waals surface area contributed by atoms with Crippen molar-refractivity contribution in [3.8, 4) is 0 Å². The van der Waals surface area contributed by atoms with E-state index in [2.05, 4.69) is 72.4 Å². The molecular weight excluding hydrogens is 252 g/mol. The van der Waals surface area contributed by atoms with Crippen LogP contribution in [-0.4, -0.2) is 0 Å². The van der Waals surface area contributed by atoms with Gasteiger partial charge in [0.2, 0.25) is 0 Å². The zero-order valence-electron chi connectivity index (χ0n) is 14.4. The fourth-order valence-corrected chi connectivity index (χ4v) is 3.50. The largest absolute Gasteiger partial charge is 0.0990 e. The highest BCUT2D eigenvalue weighted by atomic mass is 14.3. The van der Waals surface area contributed by atoms with Gasteiger partial charge in [0.05, 0.1) is 0 Å². The van der Waals surface area contributed by atoms with Gasteiger partial charge in [0.15, 0.2) is 0 Å². The summed E-state index contributed by atoms with van der Waals surface area (Å²) < 4.78 is 0. The van der Waals surface area contributed by atoms with Crippen LogP contribution >= 0.6 is 0 Å². The highest BCUT2D eigenvalue weighted by Gasteiger charge is 2.28. The van der Waals surface area contributed by atoms with Crippen molar-refractivity contribution in [2.75, 3.05) is 0 Å². The summed E-state index contributed by atoms with van der Waals surface area (Å²) in [6.07, 6.45) is 2.25. The zero-order valence-corrected chi connectivity index (χ0v) is 14.4. The molecule has 0 fully saturated rings. The summed E-state index contributed by atoms with van der Waals surface area (Å²) in [4.78, 5) is 0. The zero-order chi connectivity index (χ0) is 15.8. The van der Waals surface area contributed by atoms with E-state index in [0.29, 0.717) is 0 Å². The quantitative estimate of drug-likeness (QED) is 0.568. The highest BCUT2D eigenvalue weighted by molar-refractivity contribution is 5.92. The maximum absolute atomic E-state index is 4.39. The van der Waals surface area contributed by atoms with Gasteiger partial charge in [-0.05, 0) is 60.2 Å². The minimum Gasteiger partial charge on any atom is -0.0990 e. The number of hydrogen-bond donors (Lipinski definition) is 0. The van der Waals surface area contributed by atoms with Gasteiger partial charge in [0, 0.05) is 5.41 Å². The number of fused-ring (bicyclic) bond motifs is 1. The first-order valence-corrected chi connectivity index (χ1v) is 7.99. The number of allylic oxidation sites excluding steroid dienone is 1. The summed E-state index contributed by atoms with van der Waals surface area (Å²) >= 11 is 0. The molecule has 0 aliphatic rings.